The standard InChI is InChI=1S/C22H40N4O7/c1-12(2)9-16(19(29)24-15(11-27)10-14-7-8-23-18(14)28)25-20(30)17(26-21(31)32)13(3)33-22(4,5)6/h12-17,26-27H,7-11H2,1-6H3,(H,23,28)(H,24,29)(H,25,30)(H,31,32)/t13-,14+,15+,16+,17+/m1/s1. The quantitative estimate of drug-likeness (QED) is 0.238. The Bertz CT molecular complexity index is 693. The van der Waals surface area contributed by atoms with E-state index in [4.69, 9.17) is 4.74 Å². The fourth-order valence-corrected chi connectivity index (χ4v) is 3.81. The lowest BCUT2D eigenvalue weighted by Gasteiger charge is -2.31. The van der Waals surface area contributed by atoms with Crippen LogP contribution in [0.3, 0.4) is 0 Å². The Morgan fingerprint density at radius 3 is 2.21 bits per heavy atom. The van der Waals surface area contributed by atoms with Gasteiger partial charge >= 0.3 is 6.09 Å². The Morgan fingerprint density at radius 2 is 1.76 bits per heavy atom. The molecule has 0 saturated carbocycles. The highest BCUT2D eigenvalue weighted by atomic mass is 16.5. The van der Waals surface area contributed by atoms with Gasteiger partial charge in [-0.2, -0.15) is 0 Å². The largest absolute Gasteiger partial charge is 0.465 e. The number of aliphatic hydroxyl groups is 1. The second-order valence-electron chi connectivity index (χ2n) is 9.95. The van der Waals surface area contributed by atoms with Gasteiger partial charge in [0, 0.05) is 12.5 Å². The number of rotatable bonds is 12. The number of nitrogens with one attached hydrogen (secondary N) is 4. The van der Waals surface area contributed by atoms with Crippen molar-refractivity contribution in [3.63, 3.8) is 0 Å². The van der Waals surface area contributed by atoms with E-state index in [1.807, 2.05) is 13.8 Å². The molecule has 0 bridgehead atoms. The second-order valence-corrected chi connectivity index (χ2v) is 9.95. The van der Waals surface area contributed by atoms with E-state index < -0.39 is 47.7 Å². The van der Waals surface area contributed by atoms with Gasteiger partial charge in [0.05, 0.1) is 24.4 Å². The minimum Gasteiger partial charge on any atom is -0.465 e. The van der Waals surface area contributed by atoms with Crippen molar-refractivity contribution < 1.29 is 34.1 Å². The summed E-state index contributed by atoms with van der Waals surface area (Å²) in [5.74, 6) is -1.55. The Balaban J connectivity index is 2.92. The topological polar surface area (TPSA) is 166 Å². The first-order chi connectivity index (χ1) is 15.2. The van der Waals surface area contributed by atoms with Crippen LogP contribution in [0, 0.1) is 11.8 Å². The summed E-state index contributed by atoms with van der Waals surface area (Å²) in [6.07, 6.45) is -0.968. The van der Waals surface area contributed by atoms with Gasteiger partial charge in [0.15, 0.2) is 0 Å². The Hall–Kier alpha value is -2.40. The molecule has 0 unspecified atom stereocenters. The summed E-state index contributed by atoms with van der Waals surface area (Å²) in [4.78, 5) is 49.1. The molecule has 190 valence electrons. The monoisotopic (exact) mass is 472 g/mol. The highest BCUT2D eigenvalue weighted by Crippen LogP contribution is 2.17. The van der Waals surface area contributed by atoms with Gasteiger partial charge in [-0.3, -0.25) is 14.4 Å². The van der Waals surface area contributed by atoms with Crippen LogP contribution in [0.15, 0.2) is 0 Å². The Morgan fingerprint density at radius 1 is 1.12 bits per heavy atom. The molecule has 1 aliphatic rings. The Labute approximate surface area is 195 Å². The lowest BCUT2D eigenvalue weighted by atomic mass is 9.97. The molecule has 1 rings (SSSR count). The van der Waals surface area contributed by atoms with Crippen LogP contribution in [0.5, 0.6) is 0 Å². The van der Waals surface area contributed by atoms with Gasteiger partial charge in [-0.1, -0.05) is 13.8 Å². The van der Waals surface area contributed by atoms with Crippen molar-refractivity contribution in [2.24, 2.45) is 11.8 Å². The molecule has 1 aliphatic heterocycles. The van der Waals surface area contributed by atoms with Crippen molar-refractivity contribution in [3.05, 3.63) is 0 Å². The molecule has 1 saturated heterocycles. The highest BCUT2D eigenvalue weighted by molar-refractivity contribution is 5.91. The van der Waals surface area contributed by atoms with Crippen LogP contribution in [-0.4, -0.2) is 77.0 Å². The summed E-state index contributed by atoms with van der Waals surface area (Å²) in [7, 11) is 0. The molecule has 4 amide bonds. The van der Waals surface area contributed by atoms with Gasteiger partial charge < -0.3 is 36.2 Å². The van der Waals surface area contributed by atoms with E-state index >= 15 is 0 Å². The van der Waals surface area contributed by atoms with Crippen LogP contribution in [0.25, 0.3) is 0 Å². The zero-order valence-electron chi connectivity index (χ0n) is 20.4. The number of aliphatic hydroxyl groups excluding tert-OH is 1. The SMILES string of the molecule is CC(C)C[C@H](NC(=O)[C@@H](NC(=O)O)[C@@H](C)OC(C)(C)C)C(=O)N[C@H](CO)C[C@@H]1CCNC1=O. The molecule has 5 atom stereocenters. The van der Waals surface area contributed by atoms with E-state index in [1.54, 1.807) is 27.7 Å². The van der Waals surface area contributed by atoms with Crippen LogP contribution in [0.4, 0.5) is 4.79 Å². The zero-order valence-corrected chi connectivity index (χ0v) is 20.4. The zero-order chi connectivity index (χ0) is 25.3. The van der Waals surface area contributed by atoms with Gasteiger partial charge in [-0.15, -0.1) is 0 Å². The van der Waals surface area contributed by atoms with E-state index in [0.29, 0.717) is 19.4 Å². The third-order valence-corrected chi connectivity index (χ3v) is 5.21. The first-order valence-electron chi connectivity index (χ1n) is 11.4. The summed E-state index contributed by atoms with van der Waals surface area (Å²) in [6.45, 7) is 10.9. The minimum absolute atomic E-state index is 0.0448. The molecule has 11 heteroatoms. The molecule has 0 spiro atoms. The molecule has 1 fully saturated rings. The summed E-state index contributed by atoms with van der Waals surface area (Å²) >= 11 is 0. The van der Waals surface area contributed by atoms with Gasteiger partial charge in [-0.25, -0.2) is 4.79 Å². The molecule has 33 heavy (non-hydrogen) atoms. The molecule has 0 aromatic rings. The molecule has 0 aromatic heterocycles. The van der Waals surface area contributed by atoms with Crippen molar-refractivity contribution in [1.29, 1.82) is 0 Å². The maximum Gasteiger partial charge on any atom is 0.405 e. The highest BCUT2D eigenvalue weighted by Gasteiger charge is 2.34. The molecule has 0 aromatic carbocycles. The van der Waals surface area contributed by atoms with Crippen LogP contribution < -0.4 is 21.3 Å². The normalized spacial score (nSPS) is 19.9. The minimum atomic E-state index is -1.39. The lowest BCUT2D eigenvalue weighted by molar-refractivity contribution is -0.135. The number of hydrogen-bond donors (Lipinski definition) is 6. The maximum atomic E-state index is 13.0. The van der Waals surface area contributed by atoms with Gasteiger partial charge in [-0.05, 0) is 52.9 Å². The summed E-state index contributed by atoms with van der Waals surface area (Å²) in [5, 5.41) is 29.1. The maximum absolute atomic E-state index is 13.0. The van der Waals surface area contributed by atoms with E-state index in [0.717, 1.165) is 0 Å². The first-order valence-corrected chi connectivity index (χ1v) is 11.4. The van der Waals surface area contributed by atoms with Gasteiger partial charge in [0.1, 0.15) is 12.1 Å². The summed E-state index contributed by atoms with van der Waals surface area (Å²) in [6, 6.07) is -2.84. The van der Waals surface area contributed by atoms with E-state index in [2.05, 4.69) is 21.3 Å². The van der Waals surface area contributed by atoms with Gasteiger partial charge in [0.25, 0.3) is 0 Å². The molecule has 6 N–H and O–H groups in total. The number of carbonyl (C=O) groups is 4. The number of carbonyl (C=O) groups excluding carboxylic acids is 3. The third-order valence-electron chi connectivity index (χ3n) is 5.21. The fourth-order valence-electron chi connectivity index (χ4n) is 3.81. The first kappa shape index (κ1) is 28.6. The number of ether oxygens (including phenoxy) is 1. The van der Waals surface area contributed by atoms with Crippen molar-refractivity contribution >= 4 is 23.8 Å². The second kappa shape index (κ2) is 12.7. The molecule has 1 heterocycles. The van der Waals surface area contributed by atoms with Crippen molar-refractivity contribution in [2.45, 2.75) is 90.6 Å². The lowest BCUT2D eigenvalue weighted by Crippen LogP contribution is -2.59. The van der Waals surface area contributed by atoms with E-state index in [9.17, 15) is 29.4 Å². The predicted octanol–water partition coefficient (Wildman–Crippen LogP) is 0.360. The van der Waals surface area contributed by atoms with Crippen LogP contribution in [0.1, 0.15) is 60.8 Å². The number of amides is 4. The summed E-state index contributed by atoms with van der Waals surface area (Å²) < 4.78 is 5.75. The smallest absolute Gasteiger partial charge is 0.405 e. The van der Waals surface area contributed by atoms with Gasteiger partial charge in [0.2, 0.25) is 17.7 Å². The summed E-state index contributed by atoms with van der Waals surface area (Å²) in [5.41, 5.74) is -0.617. The Kier molecular flexibility index (Phi) is 11.1. The number of hydrogen-bond acceptors (Lipinski definition) is 6. The average molecular weight is 473 g/mol. The van der Waals surface area contributed by atoms with Crippen LogP contribution in [0.2, 0.25) is 0 Å². The average Bonchev–Trinajstić information content (AvgIpc) is 3.07. The van der Waals surface area contributed by atoms with Crippen molar-refractivity contribution in [2.75, 3.05) is 13.2 Å². The number of carboxylic acid groups (broad SMARTS) is 1. The van der Waals surface area contributed by atoms with Crippen LogP contribution in [-0.2, 0) is 19.1 Å². The van der Waals surface area contributed by atoms with Crippen molar-refractivity contribution in [1.82, 2.24) is 21.3 Å². The molecular weight excluding hydrogens is 432 g/mol. The van der Waals surface area contributed by atoms with E-state index in [1.165, 1.54) is 0 Å². The molecule has 11 nitrogen and oxygen atoms in total. The van der Waals surface area contributed by atoms with E-state index in [-0.39, 0.29) is 30.8 Å². The fraction of sp³-hybridized carbons (Fsp3) is 0.818. The van der Waals surface area contributed by atoms with Crippen LogP contribution >= 0.6 is 0 Å². The molecule has 0 radical (unpaired) electrons. The predicted molar refractivity (Wildman–Crippen MR) is 121 cm³/mol. The van der Waals surface area contributed by atoms with Crippen molar-refractivity contribution in [3.8, 4) is 0 Å². The molecule has 0 aliphatic carbocycles. The third kappa shape index (κ3) is 10.4. The molecular formula is C22H40N4O7.